The van der Waals surface area contributed by atoms with Gasteiger partial charge in [-0.05, 0) is 65.0 Å². The third-order valence-electron chi connectivity index (χ3n) is 7.00. The Kier molecular flexibility index (Phi) is 12.2. The number of aryl methyl sites for hydroxylation is 1. The summed E-state index contributed by atoms with van der Waals surface area (Å²) in [6.07, 6.45) is 9.24. The molecule has 0 spiro atoms. The average molecular weight is 562 g/mol. The predicted octanol–water partition coefficient (Wildman–Crippen LogP) is 3.25. The highest BCUT2D eigenvalue weighted by Gasteiger charge is 2.25. The smallest absolute Gasteiger partial charge is 0.191 e. The van der Waals surface area contributed by atoms with Gasteiger partial charge in [-0.2, -0.15) is 0 Å². The summed E-state index contributed by atoms with van der Waals surface area (Å²) in [4.78, 5) is 7.39. The topological polar surface area (TPSA) is 79.6 Å². The van der Waals surface area contributed by atoms with E-state index >= 15 is 0 Å². The van der Waals surface area contributed by atoms with Crippen LogP contribution in [0.15, 0.2) is 4.99 Å². The maximum Gasteiger partial charge on any atom is 0.191 e. The number of hydrogen-bond acceptors (Lipinski definition) is 5. The Bertz CT molecular complexity index is 690. The van der Waals surface area contributed by atoms with Crippen molar-refractivity contribution in [3.8, 4) is 0 Å². The molecular formula is C23H44IN7O. The molecule has 1 aromatic heterocycles. The highest BCUT2D eigenvalue weighted by molar-refractivity contribution is 14.0. The van der Waals surface area contributed by atoms with Crippen LogP contribution < -0.4 is 10.6 Å². The molecule has 2 heterocycles. The lowest BCUT2D eigenvalue weighted by Crippen LogP contribution is -2.45. The maximum absolute atomic E-state index is 6.10. The Balaban J connectivity index is 0.00000363. The zero-order chi connectivity index (χ0) is 22.1. The van der Waals surface area contributed by atoms with E-state index < -0.39 is 0 Å². The van der Waals surface area contributed by atoms with Gasteiger partial charge in [0.05, 0.1) is 6.10 Å². The lowest BCUT2D eigenvalue weighted by molar-refractivity contribution is 0.0169. The second-order valence-corrected chi connectivity index (χ2v) is 8.95. The molecule has 2 N–H and O–H groups in total. The average Bonchev–Trinajstić information content (AvgIpc) is 3.52. The number of nitrogens with zero attached hydrogens (tertiary/aromatic N) is 5. The third-order valence-corrected chi connectivity index (χ3v) is 7.00. The molecule has 0 radical (unpaired) electrons. The molecular weight excluding hydrogens is 517 g/mol. The van der Waals surface area contributed by atoms with Gasteiger partial charge in [-0.15, -0.1) is 34.2 Å². The second kappa shape index (κ2) is 14.3. The fourth-order valence-corrected chi connectivity index (χ4v) is 5.00. The molecule has 9 heteroatoms. The number of hydrogen-bond donors (Lipinski definition) is 2. The van der Waals surface area contributed by atoms with Gasteiger partial charge in [0, 0.05) is 32.8 Å². The molecule has 2 unspecified atom stereocenters. The minimum Gasteiger partial charge on any atom is -0.378 e. The van der Waals surface area contributed by atoms with Gasteiger partial charge in [0.15, 0.2) is 11.8 Å². The fraction of sp³-hybridized carbons (Fsp3) is 0.870. The molecule has 3 rings (SSSR count). The molecule has 0 bridgehead atoms. The number of likely N-dealkylation sites (tertiary alicyclic amines) is 1. The third kappa shape index (κ3) is 7.83. The second-order valence-electron chi connectivity index (χ2n) is 8.95. The lowest BCUT2D eigenvalue weighted by Gasteiger charge is -2.25. The van der Waals surface area contributed by atoms with E-state index in [1.807, 2.05) is 18.5 Å². The SMILES string of the molecule is CCOC(CCNC(=NCc1nnc(C)n1C)NCC1CCCN1CC)C1CCCC1.I. The molecule has 1 aliphatic carbocycles. The molecule has 1 saturated heterocycles. The number of halogens is 1. The summed E-state index contributed by atoms with van der Waals surface area (Å²) >= 11 is 0. The summed E-state index contributed by atoms with van der Waals surface area (Å²) in [7, 11) is 1.99. The van der Waals surface area contributed by atoms with Crippen LogP contribution in [-0.4, -0.2) is 70.6 Å². The van der Waals surface area contributed by atoms with Crippen LogP contribution in [0.2, 0.25) is 0 Å². The first-order valence-electron chi connectivity index (χ1n) is 12.3. The summed E-state index contributed by atoms with van der Waals surface area (Å²) < 4.78 is 8.10. The van der Waals surface area contributed by atoms with E-state index in [1.165, 1.54) is 45.1 Å². The summed E-state index contributed by atoms with van der Waals surface area (Å²) in [5.74, 6) is 3.37. The standard InChI is InChI=1S/C23H43N7O.HI/c1-5-30-15-9-12-20(30)16-25-23(26-17-22-28-27-18(3)29(22)4)24-14-13-21(31-6-2)19-10-7-8-11-19;/h19-21H,5-17H2,1-4H3,(H2,24,25,26);1H. The number of aromatic nitrogens is 3. The molecule has 8 nitrogen and oxygen atoms in total. The summed E-state index contributed by atoms with van der Waals surface area (Å²) in [5, 5.41) is 15.6. The van der Waals surface area contributed by atoms with Crippen LogP contribution in [-0.2, 0) is 18.3 Å². The van der Waals surface area contributed by atoms with E-state index in [9.17, 15) is 0 Å². The highest BCUT2D eigenvalue weighted by Crippen LogP contribution is 2.30. The number of aliphatic imine (C=N–C) groups is 1. The molecule has 32 heavy (non-hydrogen) atoms. The van der Waals surface area contributed by atoms with Gasteiger partial charge in [0.25, 0.3) is 0 Å². The van der Waals surface area contributed by atoms with E-state index in [4.69, 9.17) is 9.73 Å². The van der Waals surface area contributed by atoms with E-state index in [-0.39, 0.29) is 24.0 Å². The molecule has 2 atom stereocenters. The molecule has 1 aromatic rings. The van der Waals surface area contributed by atoms with Gasteiger partial charge in [-0.3, -0.25) is 4.90 Å². The summed E-state index contributed by atoms with van der Waals surface area (Å²) in [5.41, 5.74) is 0. The zero-order valence-electron chi connectivity index (χ0n) is 20.5. The lowest BCUT2D eigenvalue weighted by atomic mass is 9.98. The Labute approximate surface area is 211 Å². The Morgan fingerprint density at radius 3 is 2.59 bits per heavy atom. The molecule has 0 amide bonds. The number of nitrogens with one attached hydrogen (secondary N) is 2. The Morgan fingerprint density at radius 2 is 1.94 bits per heavy atom. The first-order valence-corrected chi connectivity index (χ1v) is 12.3. The van der Waals surface area contributed by atoms with Crippen molar-refractivity contribution in [2.24, 2.45) is 18.0 Å². The number of rotatable bonds is 11. The summed E-state index contributed by atoms with van der Waals surface area (Å²) in [6.45, 7) is 11.7. The van der Waals surface area contributed by atoms with E-state index in [0.717, 1.165) is 50.3 Å². The fourth-order valence-electron chi connectivity index (χ4n) is 5.00. The van der Waals surface area contributed by atoms with Crippen LogP contribution in [0.25, 0.3) is 0 Å². The van der Waals surface area contributed by atoms with Crippen molar-refractivity contribution in [2.45, 2.75) is 84.4 Å². The first-order chi connectivity index (χ1) is 15.1. The minimum atomic E-state index is 0. The molecule has 1 aliphatic heterocycles. The monoisotopic (exact) mass is 561 g/mol. The molecule has 0 aromatic carbocycles. The van der Waals surface area contributed by atoms with Crippen molar-refractivity contribution >= 4 is 29.9 Å². The van der Waals surface area contributed by atoms with Gasteiger partial charge >= 0.3 is 0 Å². The Morgan fingerprint density at radius 1 is 1.16 bits per heavy atom. The summed E-state index contributed by atoms with van der Waals surface area (Å²) in [6, 6.07) is 0.587. The van der Waals surface area contributed by atoms with Crippen LogP contribution >= 0.6 is 24.0 Å². The van der Waals surface area contributed by atoms with Gasteiger partial charge in [0.1, 0.15) is 12.4 Å². The van der Waals surface area contributed by atoms with Gasteiger partial charge in [0.2, 0.25) is 0 Å². The molecule has 2 aliphatic rings. The maximum atomic E-state index is 6.10. The normalized spacial score (nSPS) is 21.0. The minimum absolute atomic E-state index is 0. The van der Waals surface area contributed by atoms with E-state index in [2.05, 4.69) is 39.6 Å². The van der Waals surface area contributed by atoms with Crippen molar-refractivity contribution in [3.05, 3.63) is 11.6 Å². The van der Waals surface area contributed by atoms with E-state index in [1.54, 1.807) is 0 Å². The van der Waals surface area contributed by atoms with Crippen LogP contribution in [0.3, 0.4) is 0 Å². The van der Waals surface area contributed by atoms with Crippen LogP contribution in [0.1, 0.15) is 70.4 Å². The van der Waals surface area contributed by atoms with Crippen molar-refractivity contribution in [1.82, 2.24) is 30.3 Å². The van der Waals surface area contributed by atoms with Gasteiger partial charge < -0.3 is 19.9 Å². The number of likely N-dealkylation sites (N-methyl/N-ethyl adjacent to an activating group) is 1. The van der Waals surface area contributed by atoms with Crippen LogP contribution in [0.4, 0.5) is 0 Å². The molecule has 2 fully saturated rings. The van der Waals surface area contributed by atoms with Crippen molar-refractivity contribution in [1.29, 1.82) is 0 Å². The van der Waals surface area contributed by atoms with Crippen molar-refractivity contribution in [3.63, 3.8) is 0 Å². The van der Waals surface area contributed by atoms with Gasteiger partial charge in [-0.25, -0.2) is 4.99 Å². The van der Waals surface area contributed by atoms with Gasteiger partial charge in [-0.1, -0.05) is 19.8 Å². The van der Waals surface area contributed by atoms with Crippen LogP contribution in [0.5, 0.6) is 0 Å². The quantitative estimate of drug-likeness (QED) is 0.246. The molecule has 1 saturated carbocycles. The largest absolute Gasteiger partial charge is 0.378 e. The van der Waals surface area contributed by atoms with Crippen molar-refractivity contribution in [2.75, 3.05) is 32.8 Å². The van der Waals surface area contributed by atoms with E-state index in [0.29, 0.717) is 24.6 Å². The molecule has 184 valence electrons. The van der Waals surface area contributed by atoms with Crippen LogP contribution in [0, 0.1) is 12.8 Å². The zero-order valence-corrected chi connectivity index (χ0v) is 22.8. The highest BCUT2D eigenvalue weighted by atomic mass is 127. The predicted molar refractivity (Wildman–Crippen MR) is 141 cm³/mol. The Hall–Kier alpha value is -0.940. The first kappa shape index (κ1) is 27.3. The number of ether oxygens (including phenoxy) is 1. The van der Waals surface area contributed by atoms with Crippen molar-refractivity contribution < 1.29 is 4.74 Å². The number of guanidine groups is 1.